The summed E-state index contributed by atoms with van der Waals surface area (Å²) in [5.41, 5.74) is 1.35. The average molecular weight is 316 g/mol. The van der Waals surface area contributed by atoms with E-state index in [9.17, 15) is 8.78 Å². The molecule has 1 aliphatic rings. The van der Waals surface area contributed by atoms with Gasteiger partial charge in [0.15, 0.2) is 11.4 Å². The second-order valence-corrected chi connectivity index (χ2v) is 5.67. The van der Waals surface area contributed by atoms with E-state index in [1.54, 1.807) is 6.07 Å². The number of anilines is 1. The van der Waals surface area contributed by atoms with E-state index in [1.165, 1.54) is 24.5 Å². The fourth-order valence-corrected chi connectivity index (χ4v) is 3.05. The summed E-state index contributed by atoms with van der Waals surface area (Å²) in [7, 11) is 0. The molecule has 0 amide bonds. The van der Waals surface area contributed by atoms with Crippen molar-refractivity contribution in [1.82, 2.24) is 15.1 Å². The Morgan fingerprint density at radius 3 is 2.52 bits per heavy atom. The average Bonchev–Trinajstić information content (AvgIpc) is 2.99. The van der Waals surface area contributed by atoms with E-state index in [2.05, 4.69) is 15.1 Å². The zero-order chi connectivity index (χ0) is 15.8. The summed E-state index contributed by atoms with van der Waals surface area (Å²) in [5, 5.41) is 4.99. The molecule has 0 N–H and O–H groups in total. The van der Waals surface area contributed by atoms with Gasteiger partial charge in [-0.1, -0.05) is 5.16 Å². The Bertz CT molecular complexity index is 826. The largest absolute Gasteiger partial charge is 0.356 e. The minimum atomic E-state index is -0.440. The van der Waals surface area contributed by atoms with Gasteiger partial charge < -0.3 is 9.42 Å². The van der Waals surface area contributed by atoms with Crippen molar-refractivity contribution in [3.63, 3.8) is 0 Å². The predicted octanol–water partition coefficient (Wildman–Crippen LogP) is 3.28. The highest BCUT2D eigenvalue weighted by Crippen LogP contribution is 2.33. The number of piperidine rings is 1. The lowest BCUT2D eigenvalue weighted by molar-refractivity contribution is 0.415. The maximum atomic E-state index is 13.2. The molecule has 3 aromatic rings. The monoisotopic (exact) mass is 316 g/mol. The van der Waals surface area contributed by atoms with Gasteiger partial charge in [0.2, 0.25) is 5.95 Å². The SMILES string of the molecule is Fc1cnc(N2CCC(c3noc4cc(F)ccc34)CC2)nc1. The number of nitrogens with zero attached hydrogens (tertiary/aromatic N) is 4. The Morgan fingerprint density at radius 2 is 1.78 bits per heavy atom. The highest BCUT2D eigenvalue weighted by atomic mass is 19.1. The normalized spacial score (nSPS) is 16.2. The van der Waals surface area contributed by atoms with Crippen LogP contribution < -0.4 is 4.90 Å². The highest BCUT2D eigenvalue weighted by molar-refractivity contribution is 5.79. The fourth-order valence-electron chi connectivity index (χ4n) is 3.05. The van der Waals surface area contributed by atoms with Gasteiger partial charge in [0.25, 0.3) is 0 Å². The molecule has 5 nitrogen and oxygen atoms in total. The van der Waals surface area contributed by atoms with Crippen LogP contribution in [-0.4, -0.2) is 28.2 Å². The smallest absolute Gasteiger partial charge is 0.225 e. The first-order valence-electron chi connectivity index (χ1n) is 7.48. The molecule has 2 aromatic heterocycles. The second-order valence-electron chi connectivity index (χ2n) is 5.67. The van der Waals surface area contributed by atoms with E-state index in [-0.39, 0.29) is 11.7 Å². The van der Waals surface area contributed by atoms with Crippen LogP contribution in [0.4, 0.5) is 14.7 Å². The van der Waals surface area contributed by atoms with Gasteiger partial charge in [0.05, 0.1) is 18.1 Å². The third-order valence-electron chi connectivity index (χ3n) is 4.23. The molecule has 0 bridgehead atoms. The summed E-state index contributed by atoms with van der Waals surface area (Å²) in [5.74, 6) is 0.0174. The van der Waals surface area contributed by atoms with Crippen LogP contribution in [0.1, 0.15) is 24.5 Å². The number of fused-ring (bicyclic) bond motifs is 1. The Labute approximate surface area is 130 Å². The minimum Gasteiger partial charge on any atom is -0.356 e. The topological polar surface area (TPSA) is 55.1 Å². The molecule has 3 heterocycles. The van der Waals surface area contributed by atoms with Gasteiger partial charge in [0, 0.05) is 30.5 Å². The van der Waals surface area contributed by atoms with Crippen LogP contribution in [0.2, 0.25) is 0 Å². The molecule has 0 saturated carbocycles. The standard InChI is InChI=1S/C16H14F2N4O/c17-11-1-2-13-14(7-11)23-21-15(13)10-3-5-22(6-4-10)16-19-8-12(18)9-20-16/h1-2,7-10H,3-6H2. The first-order valence-corrected chi connectivity index (χ1v) is 7.48. The van der Waals surface area contributed by atoms with Gasteiger partial charge in [-0.3, -0.25) is 0 Å². The summed E-state index contributed by atoms with van der Waals surface area (Å²) in [6.07, 6.45) is 4.07. The van der Waals surface area contributed by atoms with E-state index in [0.29, 0.717) is 11.5 Å². The Balaban J connectivity index is 1.51. The van der Waals surface area contributed by atoms with Gasteiger partial charge in [0.1, 0.15) is 5.82 Å². The van der Waals surface area contributed by atoms with Gasteiger partial charge in [-0.15, -0.1) is 0 Å². The maximum absolute atomic E-state index is 13.2. The number of hydrogen-bond donors (Lipinski definition) is 0. The van der Waals surface area contributed by atoms with Crippen LogP contribution in [0.15, 0.2) is 35.1 Å². The number of rotatable bonds is 2. The maximum Gasteiger partial charge on any atom is 0.225 e. The third kappa shape index (κ3) is 2.62. The summed E-state index contributed by atoms with van der Waals surface area (Å²) in [6.45, 7) is 1.51. The second kappa shape index (κ2) is 5.57. The van der Waals surface area contributed by atoms with Crippen molar-refractivity contribution >= 4 is 16.9 Å². The van der Waals surface area contributed by atoms with Crippen molar-refractivity contribution in [2.45, 2.75) is 18.8 Å². The minimum absolute atomic E-state index is 0.249. The van der Waals surface area contributed by atoms with Crippen molar-refractivity contribution in [3.05, 3.63) is 47.9 Å². The highest BCUT2D eigenvalue weighted by Gasteiger charge is 2.26. The summed E-state index contributed by atoms with van der Waals surface area (Å²) in [4.78, 5) is 10.1. The number of halogens is 2. The van der Waals surface area contributed by atoms with Crippen molar-refractivity contribution < 1.29 is 13.3 Å². The van der Waals surface area contributed by atoms with E-state index in [4.69, 9.17) is 4.52 Å². The molecule has 23 heavy (non-hydrogen) atoms. The Hall–Kier alpha value is -2.57. The Morgan fingerprint density at radius 1 is 1.04 bits per heavy atom. The van der Waals surface area contributed by atoms with Gasteiger partial charge in [-0.05, 0) is 25.0 Å². The lowest BCUT2D eigenvalue weighted by Crippen LogP contribution is -2.34. The molecule has 7 heteroatoms. The van der Waals surface area contributed by atoms with Crippen LogP contribution in [0.5, 0.6) is 0 Å². The molecule has 0 spiro atoms. The molecule has 1 fully saturated rings. The first-order chi connectivity index (χ1) is 11.2. The van der Waals surface area contributed by atoms with Gasteiger partial charge in [-0.2, -0.15) is 0 Å². The molecule has 118 valence electrons. The van der Waals surface area contributed by atoms with Gasteiger partial charge >= 0.3 is 0 Å². The molecule has 1 aromatic carbocycles. The summed E-state index contributed by atoms with van der Waals surface area (Å²) >= 11 is 0. The molecule has 0 unspecified atom stereocenters. The molecular formula is C16H14F2N4O. The van der Waals surface area contributed by atoms with E-state index < -0.39 is 5.82 Å². The molecule has 0 atom stereocenters. The zero-order valence-corrected chi connectivity index (χ0v) is 12.2. The van der Waals surface area contributed by atoms with E-state index in [1.807, 2.05) is 4.90 Å². The summed E-state index contributed by atoms with van der Waals surface area (Å²) in [6, 6.07) is 4.49. The van der Waals surface area contributed by atoms with Crippen LogP contribution in [0, 0.1) is 11.6 Å². The van der Waals surface area contributed by atoms with E-state index >= 15 is 0 Å². The predicted molar refractivity (Wildman–Crippen MR) is 80.1 cm³/mol. The first kappa shape index (κ1) is 14.0. The molecule has 0 aliphatic carbocycles. The molecular weight excluding hydrogens is 302 g/mol. The molecule has 1 aliphatic heterocycles. The van der Waals surface area contributed by atoms with Crippen molar-refractivity contribution in [2.75, 3.05) is 18.0 Å². The number of benzene rings is 1. The van der Waals surface area contributed by atoms with Crippen molar-refractivity contribution in [2.24, 2.45) is 0 Å². The third-order valence-corrected chi connectivity index (χ3v) is 4.23. The molecule has 0 radical (unpaired) electrons. The Kier molecular flexibility index (Phi) is 3.40. The van der Waals surface area contributed by atoms with Crippen LogP contribution in [0.25, 0.3) is 11.0 Å². The quantitative estimate of drug-likeness (QED) is 0.726. The van der Waals surface area contributed by atoms with Gasteiger partial charge in [-0.25, -0.2) is 18.7 Å². The molecule has 1 saturated heterocycles. The lowest BCUT2D eigenvalue weighted by atomic mass is 9.92. The van der Waals surface area contributed by atoms with E-state index in [0.717, 1.165) is 37.0 Å². The van der Waals surface area contributed by atoms with Crippen LogP contribution >= 0.6 is 0 Å². The number of aromatic nitrogens is 3. The molecule has 4 rings (SSSR count). The van der Waals surface area contributed by atoms with Crippen LogP contribution in [-0.2, 0) is 0 Å². The lowest BCUT2D eigenvalue weighted by Gasteiger charge is -2.31. The van der Waals surface area contributed by atoms with Crippen molar-refractivity contribution in [3.8, 4) is 0 Å². The summed E-state index contributed by atoms with van der Waals surface area (Å²) < 4.78 is 31.3. The zero-order valence-electron chi connectivity index (χ0n) is 12.2. The van der Waals surface area contributed by atoms with Crippen LogP contribution in [0.3, 0.4) is 0 Å². The number of hydrogen-bond acceptors (Lipinski definition) is 5. The van der Waals surface area contributed by atoms with Crippen molar-refractivity contribution in [1.29, 1.82) is 0 Å². The fraction of sp³-hybridized carbons (Fsp3) is 0.312.